The molecule has 2 aliphatic heterocycles. The van der Waals surface area contributed by atoms with E-state index >= 15 is 0 Å². The minimum atomic E-state index is -4.64. The van der Waals surface area contributed by atoms with E-state index in [0.29, 0.717) is 18.0 Å². The Morgan fingerprint density at radius 2 is 1.75 bits per heavy atom. The lowest BCUT2D eigenvalue weighted by atomic mass is 9.83. The number of aryl methyl sites for hydroxylation is 1. The average molecular weight is 715 g/mol. The van der Waals surface area contributed by atoms with Gasteiger partial charge >= 0.3 is 11.9 Å². The SMILES string of the molecule is Cn1c(=O)n(C2CCC(=O)NC2=O)c2cccc(C3CN(CC4CCC(n5cc6cc(NC(=O)c7cccc(C(F)(F)F)n7)ccc6n5)CC4)C3)c21. The molecule has 8 rings (SSSR count). The van der Waals surface area contributed by atoms with Gasteiger partial charge in [-0.25, -0.2) is 9.78 Å². The van der Waals surface area contributed by atoms with E-state index < -0.39 is 29.7 Å². The van der Waals surface area contributed by atoms with Crippen molar-refractivity contribution in [1.29, 1.82) is 0 Å². The Bertz CT molecular complexity index is 2280. The second-order valence-electron chi connectivity index (χ2n) is 14.2. The van der Waals surface area contributed by atoms with Gasteiger partial charge in [0.1, 0.15) is 17.4 Å². The molecule has 0 spiro atoms. The Hall–Kier alpha value is -5.31. The lowest BCUT2D eigenvalue weighted by Crippen LogP contribution is -2.47. The molecule has 2 N–H and O–H groups in total. The molecule has 3 aliphatic rings. The van der Waals surface area contributed by atoms with E-state index in [9.17, 15) is 32.3 Å². The van der Waals surface area contributed by atoms with Crippen molar-refractivity contribution < 1.29 is 27.6 Å². The van der Waals surface area contributed by atoms with Gasteiger partial charge in [-0.1, -0.05) is 18.2 Å². The van der Waals surface area contributed by atoms with Crippen LogP contribution >= 0.6 is 0 Å². The van der Waals surface area contributed by atoms with Gasteiger partial charge in [-0.15, -0.1) is 0 Å². The van der Waals surface area contributed by atoms with Crippen molar-refractivity contribution >= 4 is 45.3 Å². The third-order valence-electron chi connectivity index (χ3n) is 10.8. The zero-order chi connectivity index (χ0) is 36.3. The molecule has 5 heterocycles. The summed E-state index contributed by atoms with van der Waals surface area (Å²) in [4.78, 5) is 56.3. The van der Waals surface area contributed by atoms with E-state index in [1.54, 1.807) is 29.8 Å². The topological polar surface area (TPSA) is 136 Å². The maximum atomic E-state index is 13.3. The fourth-order valence-electron chi connectivity index (χ4n) is 8.12. The standard InChI is InChI=1S/C37H37F3N8O4/c1-45-33-26(4-2-6-29(33)48(36(45)52)30-14-15-32(49)43-35(30)51)23-18-46(19-23)17-21-8-11-25(12-9-21)47-20-22-16-24(10-13-27(22)44-47)41-34(50)28-5-3-7-31(42-28)37(38,39)40/h2-7,10,13,16,20-21,23,25,30H,8-9,11-12,14-15,17-19H2,1H3,(H,41,50)(H,43,49,51). The highest BCUT2D eigenvalue weighted by atomic mass is 19.4. The lowest BCUT2D eigenvalue weighted by molar-refractivity contribution is -0.141. The van der Waals surface area contributed by atoms with Crippen LogP contribution in [-0.2, 0) is 22.8 Å². The maximum Gasteiger partial charge on any atom is 0.433 e. The minimum Gasteiger partial charge on any atom is -0.321 e. The summed E-state index contributed by atoms with van der Waals surface area (Å²) in [5.74, 6) is -0.642. The lowest BCUT2D eigenvalue weighted by Gasteiger charge is -2.43. The van der Waals surface area contributed by atoms with Crippen molar-refractivity contribution in [3.8, 4) is 0 Å². The van der Waals surface area contributed by atoms with Gasteiger partial charge in [-0.05, 0) is 80.0 Å². The van der Waals surface area contributed by atoms with Crippen molar-refractivity contribution in [1.82, 2.24) is 34.1 Å². The number of imide groups is 1. The number of anilines is 1. The number of benzene rings is 2. The molecule has 5 aromatic rings. The first-order valence-electron chi connectivity index (χ1n) is 17.5. The van der Waals surface area contributed by atoms with Gasteiger partial charge in [-0.3, -0.25) is 33.5 Å². The highest BCUT2D eigenvalue weighted by molar-refractivity contribution is 6.04. The summed E-state index contributed by atoms with van der Waals surface area (Å²) in [6.07, 6.45) is 1.91. The molecule has 12 nitrogen and oxygen atoms in total. The number of carbonyl (C=O) groups is 3. The third kappa shape index (κ3) is 6.26. The highest BCUT2D eigenvalue weighted by Gasteiger charge is 2.36. The zero-order valence-corrected chi connectivity index (χ0v) is 28.4. The van der Waals surface area contributed by atoms with E-state index in [0.717, 1.165) is 85.0 Å². The molecule has 1 unspecified atom stereocenters. The number of rotatable bonds is 7. The number of imidazole rings is 1. The van der Waals surface area contributed by atoms with Gasteiger partial charge in [0, 0.05) is 56.3 Å². The molecule has 2 saturated heterocycles. The predicted molar refractivity (Wildman–Crippen MR) is 186 cm³/mol. The molecule has 1 atom stereocenters. The van der Waals surface area contributed by atoms with Gasteiger partial charge < -0.3 is 10.2 Å². The van der Waals surface area contributed by atoms with Crippen molar-refractivity contribution in [3.63, 3.8) is 0 Å². The first kappa shape index (κ1) is 33.8. The number of nitrogens with one attached hydrogen (secondary N) is 2. The van der Waals surface area contributed by atoms with Crippen LogP contribution < -0.4 is 16.3 Å². The fraction of sp³-hybridized carbons (Fsp3) is 0.405. The summed E-state index contributed by atoms with van der Waals surface area (Å²) in [5, 5.41) is 10.6. The number of hydrogen-bond acceptors (Lipinski definition) is 7. The van der Waals surface area contributed by atoms with Crippen LogP contribution in [-0.4, -0.2) is 66.2 Å². The predicted octanol–water partition coefficient (Wildman–Crippen LogP) is 5.16. The van der Waals surface area contributed by atoms with Crippen molar-refractivity contribution in [2.24, 2.45) is 13.0 Å². The van der Waals surface area contributed by atoms with Crippen LogP contribution in [0.4, 0.5) is 18.9 Å². The van der Waals surface area contributed by atoms with Gasteiger partial charge in [0.25, 0.3) is 5.91 Å². The number of halogens is 3. The number of carbonyl (C=O) groups excluding carboxylic acids is 3. The molecule has 1 saturated carbocycles. The number of para-hydroxylation sites is 1. The maximum absolute atomic E-state index is 13.3. The number of piperidine rings is 1. The summed E-state index contributed by atoms with van der Waals surface area (Å²) >= 11 is 0. The molecule has 2 aromatic carbocycles. The van der Waals surface area contributed by atoms with Crippen molar-refractivity contribution in [2.75, 3.05) is 25.0 Å². The van der Waals surface area contributed by atoms with Crippen LogP contribution in [0.5, 0.6) is 0 Å². The monoisotopic (exact) mass is 714 g/mol. The van der Waals surface area contributed by atoms with E-state index in [4.69, 9.17) is 5.10 Å². The van der Waals surface area contributed by atoms with Crippen LogP contribution in [0.3, 0.4) is 0 Å². The van der Waals surface area contributed by atoms with Gasteiger partial charge in [0.15, 0.2) is 0 Å². The Morgan fingerprint density at radius 3 is 2.50 bits per heavy atom. The van der Waals surface area contributed by atoms with E-state index in [2.05, 4.69) is 26.6 Å². The van der Waals surface area contributed by atoms with Crippen LogP contribution in [0.15, 0.2) is 65.6 Å². The van der Waals surface area contributed by atoms with Crippen molar-refractivity contribution in [3.05, 3.63) is 88.2 Å². The molecular formula is C37H37F3N8O4. The summed E-state index contributed by atoms with van der Waals surface area (Å²) in [5.41, 5.74) is 2.18. The van der Waals surface area contributed by atoms with Crippen molar-refractivity contribution in [2.45, 2.75) is 62.7 Å². The fourth-order valence-corrected chi connectivity index (χ4v) is 8.12. The van der Waals surface area contributed by atoms with E-state index in [1.165, 1.54) is 10.6 Å². The molecule has 1 aliphatic carbocycles. The second-order valence-corrected chi connectivity index (χ2v) is 14.2. The zero-order valence-electron chi connectivity index (χ0n) is 28.4. The number of nitrogens with zero attached hydrogens (tertiary/aromatic N) is 6. The molecule has 270 valence electrons. The minimum absolute atomic E-state index is 0.203. The quantitative estimate of drug-likeness (QED) is 0.222. The van der Waals surface area contributed by atoms with E-state index in [-0.39, 0.29) is 35.7 Å². The Kier molecular flexibility index (Phi) is 8.47. The van der Waals surface area contributed by atoms with Gasteiger partial charge in [0.2, 0.25) is 11.8 Å². The molecule has 3 amide bonds. The summed E-state index contributed by atoms with van der Waals surface area (Å²) in [6, 6.07) is 13.9. The molecular weight excluding hydrogens is 677 g/mol. The smallest absolute Gasteiger partial charge is 0.321 e. The Balaban J connectivity index is 0.866. The van der Waals surface area contributed by atoms with Gasteiger partial charge in [0.05, 0.1) is 22.6 Å². The summed E-state index contributed by atoms with van der Waals surface area (Å²) in [6.45, 7) is 2.79. The number of fused-ring (bicyclic) bond motifs is 2. The first-order chi connectivity index (χ1) is 24.9. The molecule has 3 aromatic heterocycles. The number of amides is 3. The van der Waals surface area contributed by atoms with Crippen LogP contribution in [0.1, 0.15) is 78.3 Å². The normalized spacial score (nSPS) is 21.7. The number of likely N-dealkylation sites (tertiary alicyclic amines) is 1. The highest BCUT2D eigenvalue weighted by Crippen LogP contribution is 2.38. The molecule has 52 heavy (non-hydrogen) atoms. The Labute approximate surface area is 295 Å². The molecule has 15 heteroatoms. The van der Waals surface area contributed by atoms with Gasteiger partial charge in [-0.2, -0.15) is 18.3 Å². The second kappa shape index (κ2) is 13.0. The molecule has 0 radical (unpaired) electrons. The van der Waals surface area contributed by atoms with Crippen LogP contribution in [0.2, 0.25) is 0 Å². The number of aromatic nitrogens is 5. The van der Waals surface area contributed by atoms with Crippen LogP contribution in [0.25, 0.3) is 21.9 Å². The third-order valence-corrected chi connectivity index (χ3v) is 10.8. The number of hydrogen-bond donors (Lipinski definition) is 2. The number of alkyl halides is 3. The summed E-state index contributed by atoms with van der Waals surface area (Å²) < 4.78 is 44.3. The first-order valence-corrected chi connectivity index (χ1v) is 17.5. The van der Waals surface area contributed by atoms with E-state index in [1.807, 2.05) is 23.0 Å². The average Bonchev–Trinajstić information content (AvgIpc) is 3.64. The summed E-state index contributed by atoms with van der Waals surface area (Å²) in [7, 11) is 1.74. The Morgan fingerprint density at radius 1 is 0.981 bits per heavy atom. The largest absolute Gasteiger partial charge is 0.433 e. The number of pyridine rings is 1. The molecule has 3 fully saturated rings. The molecule has 0 bridgehead atoms. The van der Waals surface area contributed by atoms with Crippen LogP contribution in [0, 0.1) is 5.92 Å².